The van der Waals surface area contributed by atoms with Gasteiger partial charge < -0.3 is 0 Å². The third-order valence-corrected chi connectivity index (χ3v) is 4.64. The van der Waals surface area contributed by atoms with E-state index in [4.69, 9.17) is 0 Å². The normalized spacial score (nSPS) is 11.9. The van der Waals surface area contributed by atoms with Crippen LogP contribution < -0.4 is 10.1 Å². The molecule has 0 bridgehead atoms. The maximum absolute atomic E-state index is 12.7. The minimum absolute atomic E-state index is 0.0183. The fourth-order valence-electron chi connectivity index (χ4n) is 2.48. The molecule has 0 aliphatic rings. The average molecular weight is 350 g/mol. The Morgan fingerprint density at radius 2 is 1.76 bits per heavy atom. The van der Waals surface area contributed by atoms with Gasteiger partial charge in [0.15, 0.2) is 5.82 Å². The second-order valence-electron chi connectivity index (χ2n) is 5.27. The van der Waals surface area contributed by atoms with E-state index in [1.54, 1.807) is 18.2 Å². The van der Waals surface area contributed by atoms with Crippen LogP contribution in [0, 0.1) is 10.1 Å². The van der Waals surface area contributed by atoms with Gasteiger partial charge in [-0.2, -0.15) is 0 Å². The summed E-state index contributed by atoms with van der Waals surface area (Å²) >= 11 is 1.26. The van der Waals surface area contributed by atoms with Crippen LogP contribution in [0.5, 0.6) is 0 Å². The van der Waals surface area contributed by atoms with Crippen LogP contribution in [0.15, 0.2) is 59.4 Å². The van der Waals surface area contributed by atoms with Crippen molar-refractivity contribution in [1.29, 1.82) is 0 Å². The third kappa shape index (κ3) is 2.68. The van der Waals surface area contributed by atoms with Gasteiger partial charge in [0, 0.05) is 17.7 Å². The van der Waals surface area contributed by atoms with Crippen LogP contribution in [0.3, 0.4) is 0 Å². The summed E-state index contributed by atoms with van der Waals surface area (Å²) in [5, 5.41) is 18.9. The van der Waals surface area contributed by atoms with Crippen molar-refractivity contribution in [2.45, 2.75) is 0 Å². The van der Waals surface area contributed by atoms with Crippen molar-refractivity contribution in [2.24, 2.45) is 0 Å². The fraction of sp³-hybridized carbons (Fsp3) is 0. The van der Waals surface area contributed by atoms with E-state index >= 15 is 0 Å². The van der Waals surface area contributed by atoms with Crippen molar-refractivity contribution in [3.8, 4) is 11.4 Å². The van der Waals surface area contributed by atoms with Gasteiger partial charge in [0.1, 0.15) is 0 Å². The van der Waals surface area contributed by atoms with E-state index in [0.717, 1.165) is 5.56 Å². The first-order valence-corrected chi connectivity index (χ1v) is 8.15. The lowest BCUT2D eigenvalue weighted by molar-refractivity contribution is -0.384. The maximum atomic E-state index is 12.7. The third-order valence-electron chi connectivity index (χ3n) is 3.68. The Labute approximate surface area is 144 Å². The number of hydrogen-bond acceptors (Lipinski definition) is 6. The quantitative estimate of drug-likeness (QED) is 0.418. The van der Waals surface area contributed by atoms with E-state index in [2.05, 4.69) is 10.2 Å². The smallest absolute Gasteiger partial charge is 0.267 e. The lowest BCUT2D eigenvalue weighted by atomic mass is 10.2. The van der Waals surface area contributed by atoms with Gasteiger partial charge in [-0.1, -0.05) is 41.7 Å². The lowest BCUT2D eigenvalue weighted by Gasteiger charge is -1.96. The lowest BCUT2D eigenvalue weighted by Crippen LogP contribution is -2.23. The predicted molar refractivity (Wildman–Crippen MR) is 94.5 cm³/mol. The second kappa shape index (κ2) is 5.91. The molecule has 2 aromatic heterocycles. The van der Waals surface area contributed by atoms with Gasteiger partial charge in [-0.05, 0) is 23.8 Å². The molecule has 0 atom stereocenters. The second-order valence-corrected chi connectivity index (χ2v) is 6.28. The van der Waals surface area contributed by atoms with Crippen LogP contribution in [0.25, 0.3) is 22.4 Å². The standard InChI is InChI=1S/C17H10N4O3S/c22-16-14(10-11-4-2-1-3-5-11)25-17-19-18-15(20(16)17)12-6-8-13(9-7-12)21(23)24/h1-10H/b14-10-. The summed E-state index contributed by atoms with van der Waals surface area (Å²) in [6.07, 6.45) is 1.81. The van der Waals surface area contributed by atoms with Crippen LogP contribution in [-0.2, 0) is 0 Å². The zero-order chi connectivity index (χ0) is 17.4. The highest BCUT2D eigenvalue weighted by atomic mass is 32.1. The zero-order valence-electron chi connectivity index (χ0n) is 12.7. The van der Waals surface area contributed by atoms with Crippen LogP contribution in [-0.4, -0.2) is 19.5 Å². The van der Waals surface area contributed by atoms with Gasteiger partial charge in [0.05, 0.1) is 9.46 Å². The Balaban J connectivity index is 1.86. The van der Waals surface area contributed by atoms with Crippen LogP contribution in [0.1, 0.15) is 5.56 Å². The first kappa shape index (κ1) is 15.2. The summed E-state index contributed by atoms with van der Waals surface area (Å²) in [5.41, 5.74) is 1.30. The van der Waals surface area contributed by atoms with E-state index < -0.39 is 4.92 Å². The number of fused-ring (bicyclic) bond motifs is 1. The molecule has 7 nitrogen and oxygen atoms in total. The molecule has 0 spiro atoms. The maximum Gasteiger partial charge on any atom is 0.276 e. The Hall–Kier alpha value is -3.39. The molecule has 0 fully saturated rings. The molecule has 4 rings (SSSR count). The summed E-state index contributed by atoms with van der Waals surface area (Å²) in [6, 6.07) is 15.4. The van der Waals surface area contributed by atoms with Gasteiger partial charge >= 0.3 is 0 Å². The van der Waals surface area contributed by atoms with E-state index in [-0.39, 0.29) is 11.2 Å². The highest BCUT2D eigenvalue weighted by Gasteiger charge is 2.15. The number of non-ortho nitro benzene ring substituents is 1. The van der Waals surface area contributed by atoms with E-state index in [9.17, 15) is 14.9 Å². The largest absolute Gasteiger partial charge is 0.276 e. The minimum atomic E-state index is -0.472. The molecule has 0 saturated heterocycles. The highest BCUT2D eigenvalue weighted by molar-refractivity contribution is 7.15. The Kier molecular flexibility index (Phi) is 3.58. The molecule has 4 aromatic rings. The molecule has 0 saturated carbocycles. The monoisotopic (exact) mass is 350 g/mol. The molecule has 122 valence electrons. The van der Waals surface area contributed by atoms with Gasteiger partial charge in [-0.3, -0.25) is 14.9 Å². The van der Waals surface area contributed by atoms with Crippen LogP contribution in [0.4, 0.5) is 5.69 Å². The molecule has 8 heteroatoms. The molecular weight excluding hydrogens is 340 g/mol. The number of nitro benzene ring substituents is 1. The molecule has 0 unspecified atom stereocenters. The number of hydrogen-bond donors (Lipinski definition) is 0. The molecule has 0 aliphatic carbocycles. The predicted octanol–water partition coefficient (Wildman–Crippen LogP) is 2.27. The van der Waals surface area contributed by atoms with Crippen molar-refractivity contribution < 1.29 is 4.92 Å². The zero-order valence-corrected chi connectivity index (χ0v) is 13.5. The van der Waals surface area contributed by atoms with Crippen molar-refractivity contribution in [3.63, 3.8) is 0 Å². The molecule has 0 radical (unpaired) electrons. The molecule has 25 heavy (non-hydrogen) atoms. The SMILES string of the molecule is O=c1/c(=C/c2ccccc2)sc2nnc(-c3ccc([N+](=O)[O-])cc3)n12. The Bertz CT molecular complexity index is 1180. The highest BCUT2D eigenvalue weighted by Crippen LogP contribution is 2.21. The summed E-state index contributed by atoms with van der Waals surface area (Å²) in [7, 11) is 0. The molecule has 2 heterocycles. The number of nitro groups is 1. The van der Waals surface area contributed by atoms with Crippen molar-refractivity contribution >= 4 is 28.1 Å². The summed E-state index contributed by atoms with van der Waals surface area (Å²) in [4.78, 5) is 23.5. The first-order valence-electron chi connectivity index (χ1n) is 7.33. The van der Waals surface area contributed by atoms with Crippen LogP contribution >= 0.6 is 11.3 Å². The Morgan fingerprint density at radius 3 is 2.44 bits per heavy atom. The molecule has 0 amide bonds. The molecule has 2 aromatic carbocycles. The average Bonchev–Trinajstić information content (AvgIpc) is 3.17. The van der Waals surface area contributed by atoms with Gasteiger partial charge in [0.2, 0.25) is 4.96 Å². The van der Waals surface area contributed by atoms with E-state index in [0.29, 0.717) is 20.9 Å². The first-order chi connectivity index (χ1) is 12.1. The van der Waals surface area contributed by atoms with Crippen LogP contribution in [0.2, 0.25) is 0 Å². The minimum Gasteiger partial charge on any atom is -0.267 e. The number of nitrogens with zero attached hydrogens (tertiary/aromatic N) is 4. The molecular formula is C17H10N4O3S. The summed E-state index contributed by atoms with van der Waals surface area (Å²) in [6.45, 7) is 0. The topological polar surface area (TPSA) is 90.4 Å². The van der Waals surface area contributed by atoms with Gasteiger partial charge in [-0.25, -0.2) is 4.40 Å². The van der Waals surface area contributed by atoms with Gasteiger partial charge in [-0.15, -0.1) is 10.2 Å². The van der Waals surface area contributed by atoms with E-state index in [1.807, 2.05) is 30.3 Å². The summed E-state index contributed by atoms with van der Waals surface area (Å²) < 4.78 is 1.99. The van der Waals surface area contributed by atoms with Crippen molar-refractivity contribution in [1.82, 2.24) is 14.6 Å². The molecule has 0 N–H and O–H groups in total. The van der Waals surface area contributed by atoms with Gasteiger partial charge in [0.25, 0.3) is 11.2 Å². The Morgan fingerprint density at radius 1 is 1.04 bits per heavy atom. The number of thiazole rings is 1. The number of aromatic nitrogens is 3. The number of rotatable bonds is 3. The van der Waals surface area contributed by atoms with E-state index in [1.165, 1.54) is 27.9 Å². The number of benzene rings is 2. The van der Waals surface area contributed by atoms with Crippen molar-refractivity contribution in [3.05, 3.63) is 85.2 Å². The summed E-state index contributed by atoms with van der Waals surface area (Å²) in [5.74, 6) is 0.374. The van der Waals surface area contributed by atoms with Crippen molar-refractivity contribution in [2.75, 3.05) is 0 Å². The fourth-order valence-corrected chi connectivity index (χ4v) is 3.39. The molecule has 0 aliphatic heterocycles.